The predicted molar refractivity (Wildman–Crippen MR) is 161 cm³/mol. The number of halogens is 3. The van der Waals surface area contributed by atoms with Crippen LogP contribution in [0.25, 0.3) is 6.08 Å². The van der Waals surface area contributed by atoms with Gasteiger partial charge in [-0.15, -0.1) is 11.8 Å². The van der Waals surface area contributed by atoms with Crippen LogP contribution in [0.3, 0.4) is 0 Å². The fourth-order valence-corrected chi connectivity index (χ4v) is 4.59. The van der Waals surface area contributed by atoms with Crippen molar-refractivity contribution in [1.82, 2.24) is 5.32 Å². The van der Waals surface area contributed by atoms with Gasteiger partial charge in [0.15, 0.2) is 0 Å². The number of anilines is 2. The van der Waals surface area contributed by atoms with Gasteiger partial charge in [0.05, 0.1) is 21.9 Å². The summed E-state index contributed by atoms with van der Waals surface area (Å²) in [4.78, 5) is 49.5. The van der Waals surface area contributed by atoms with Crippen LogP contribution in [0.1, 0.15) is 21.5 Å². The molecule has 0 heterocycles. The Balaban J connectivity index is 1.47. The Kier molecular flexibility index (Phi) is 10.1. The third-order valence-corrected chi connectivity index (χ3v) is 6.91. The van der Waals surface area contributed by atoms with Gasteiger partial charge < -0.3 is 16.0 Å². The number of alkyl halides is 3. The number of nitrogens with one attached hydrogen (secondary N) is 3. The Bertz CT molecular complexity index is 1710. The number of hydrogen-bond donors (Lipinski definition) is 3. The molecule has 0 aliphatic heterocycles. The van der Waals surface area contributed by atoms with E-state index in [9.17, 15) is 37.7 Å². The Morgan fingerprint density at radius 3 is 2.20 bits per heavy atom. The monoisotopic (exact) mass is 620 g/mol. The van der Waals surface area contributed by atoms with Crippen LogP contribution in [0.4, 0.5) is 30.2 Å². The molecule has 4 aromatic rings. The van der Waals surface area contributed by atoms with Crippen LogP contribution in [0.5, 0.6) is 0 Å². The van der Waals surface area contributed by atoms with Crippen molar-refractivity contribution in [1.29, 1.82) is 0 Å². The number of nitrogens with zero attached hydrogens (tertiary/aromatic N) is 1. The summed E-state index contributed by atoms with van der Waals surface area (Å²) in [7, 11) is 0. The van der Waals surface area contributed by atoms with Crippen LogP contribution in [-0.2, 0) is 15.8 Å². The first kappa shape index (κ1) is 31.5. The molecule has 0 unspecified atom stereocenters. The maximum Gasteiger partial charge on any atom is 0.418 e. The Labute approximate surface area is 253 Å². The van der Waals surface area contributed by atoms with Gasteiger partial charge in [-0.05, 0) is 66.2 Å². The molecule has 224 valence electrons. The second-order valence-electron chi connectivity index (χ2n) is 9.09. The lowest BCUT2D eigenvalue weighted by atomic mass is 10.1. The summed E-state index contributed by atoms with van der Waals surface area (Å²) in [6.45, 7) is 0. The molecular formula is C31H23F3N4O5S. The van der Waals surface area contributed by atoms with E-state index in [4.69, 9.17) is 0 Å². The number of carbonyl (C=O) groups is 3. The fourth-order valence-electron chi connectivity index (χ4n) is 3.84. The molecule has 0 fully saturated rings. The molecule has 44 heavy (non-hydrogen) atoms. The van der Waals surface area contributed by atoms with E-state index < -0.39 is 34.4 Å². The maximum atomic E-state index is 13.3. The zero-order valence-corrected chi connectivity index (χ0v) is 23.4. The van der Waals surface area contributed by atoms with Crippen molar-refractivity contribution in [2.45, 2.75) is 11.1 Å². The molecule has 3 amide bonds. The van der Waals surface area contributed by atoms with Crippen LogP contribution in [0.2, 0.25) is 0 Å². The van der Waals surface area contributed by atoms with E-state index in [-0.39, 0.29) is 22.8 Å². The van der Waals surface area contributed by atoms with Crippen LogP contribution in [0, 0.1) is 10.1 Å². The number of non-ortho nitro benzene ring substituents is 1. The van der Waals surface area contributed by atoms with Crippen LogP contribution >= 0.6 is 11.8 Å². The van der Waals surface area contributed by atoms with Crippen molar-refractivity contribution in [3.05, 3.63) is 136 Å². The molecule has 4 rings (SSSR count). The van der Waals surface area contributed by atoms with E-state index in [0.717, 1.165) is 17.8 Å². The average molecular weight is 621 g/mol. The largest absolute Gasteiger partial charge is 0.418 e. The summed E-state index contributed by atoms with van der Waals surface area (Å²) in [5, 5.41) is 18.5. The second-order valence-corrected chi connectivity index (χ2v) is 10.1. The Hall–Kier alpha value is -5.43. The topological polar surface area (TPSA) is 130 Å². The number of thioether (sulfide) groups is 1. The molecule has 0 saturated carbocycles. The van der Waals surface area contributed by atoms with E-state index >= 15 is 0 Å². The number of amides is 3. The van der Waals surface area contributed by atoms with Gasteiger partial charge in [0, 0.05) is 28.3 Å². The third kappa shape index (κ3) is 8.79. The van der Waals surface area contributed by atoms with Gasteiger partial charge >= 0.3 is 6.18 Å². The first-order valence-electron chi connectivity index (χ1n) is 12.8. The number of hydrogen-bond acceptors (Lipinski definition) is 6. The van der Waals surface area contributed by atoms with E-state index in [0.29, 0.717) is 21.7 Å². The van der Waals surface area contributed by atoms with Gasteiger partial charge in [-0.1, -0.05) is 36.4 Å². The van der Waals surface area contributed by atoms with E-state index in [1.165, 1.54) is 48.5 Å². The van der Waals surface area contributed by atoms with E-state index in [1.807, 2.05) is 0 Å². The van der Waals surface area contributed by atoms with Gasteiger partial charge in [-0.3, -0.25) is 24.5 Å². The highest BCUT2D eigenvalue weighted by Gasteiger charge is 2.33. The van der Waals surface area contributed by atoms with Gasteiger partial charge in [-0.2, -0.15) is 13.2 Å². The predicted octanol–water partition coefficient (Wildman–Crippen LogP) is 6.75. The van der Waals surface area contributed by atoms with Gasteiger partial charge in [0.2, 0.25) is 5.91 Å². The summed E-state index contributed by atoms with van der Waals surface area (Å²) in [6, 6.07) is 24.6. The molecule has 0 aromatic heterocycles. The number of carbonyl (C=O) groups excluding carboxylic acids is 3. The van der Waals surface area contributed by atoms with Crippen molar-refractivity contribution in [3.8, 4) is 0 Å². The lowest BCUT2D eigenvalue weighted by Crippen LogP contribution is -2.30. The second kappa shape index (κ2) is 14.2. The zero-order valence-electron chi connectivity index (χ0n) is 22.6. The number of benzene rings is 4. The third-order valence-electron chi connectivity index (χ3n) is 5.91. The minimum Gasteiger partial charge on any atom is -0.325 e. The first-order valence-corrected chi connectivity index (χ1v) is 13.8. The Morgan fingerprint density at radius 2 is 1.52 bits per heavy atom. The molecule has 0 atom stereocenters. The molecule has 4 aromatic carbocycles. The maximum absolute atomic E-state index is 13.3. The summed E-state index contributed by atoms with van der Waals surface area (Å²) in [5.74, 6) is -2.12. The van der Waals surface area contributed by atoms with Gasteiger partial charge in [0.25, 0.3) is 17.5 Å². The summed E-state index contributed by atoms with van der Waals surface area (Å²) < 4.78 is 39.7. The number of rotatable bonds is 10. The first-order chi connectivity index (χ1) is 21.0. The van der Waals surface area contributed by atoms with Crippen molar-refractivity contribution >= 4 is 52.6 Å². The van der Waals surface area contributed by atoms with Crippen LogP contribution in [0.15, 0.2) is 114 Å². The lowest BCUT2D eigenvalue weighted by molar-refractivity contribution is -0.384. The average Bonchev–Trinajstić information content (AvgIpc) is 3.00. The number of nitro benzene ring substituents is 1. The quantitative estimate of drug-likeness (QED) is 0.0778. The molecule has 0 spiro atoms. The molecule has 13 heteroatoms. The summed E-state index contributed by atoms with van der Waals surface area (Å²) >= 11 is 1.04. The molecule has 0 bridgehead atoms. The number of para-hydroxylation sites is 1. The zero-order chi connectivity index (χ0) is 31.7. The molecule has 0 radical (unpaired) electrons. The summed E-state index contributed by atoms with van der Waals surface area (Å²) in [6.07, 6.45) is -3.27. The van der Waals surface area contributed by atoms with Crippen LogP contribution < -0.4 is 16.0 Å². The normalized spacial score (nSPS) is 11.4. The highest BCUT2D eigenvalue weighted by Crippen LogP contribution is 2.34. The molecule has 0 aliphatic carbocycles. The molecule has 0 aliphatic rings. The van der Waals surface area contributed by atoms with Crippen molar-refractivity contribution < 1.29 is 32.5 Å². The number of nitro groups is 1. The van der Waals surface area contributed by atoms with Crippen LogP contribution in [-0.4, -0.2) is 28.4 Å². The van der Waals surface area contributed by atoms with Crippen molar-refractivity contribution in [2.24, 2.45) is 0 Å². The van der Waals surface area contributed by atoms with Gasteiger partial charge in [-0.25, -0.2) is 0 Å². The molecule has 0 saturated heterocycles. The van der Waals surface area contributed by atoms with E-state index in [1.54, 1.807) is 54.6 Å². The van der Waals surface area contributed by atoms with E-state index in [2.05, 4.69) is 16.0 Å². The minimum atomic E-state index is -4.63. The van der Waals surface area contributed by atoms with Crippen molar-refractivity contribution in [2.75, 3.05) is 16.4 Å². The minimum absolute atomic E-state index is 0.144. The van der Waals surface area contributed by atoms with Crippen molar-refractivity contribution in [3.63, 3.8) is 0 Å². The molecule has 3 N–H and O–H groups in total. The lowest BCUT2D eigenvalue weighted by Gasteiger charge is -2.14. The molecule has 9 nitrogen and oxygen atoms in total. The highest BCUT2D eigenvalue weighted by molar-refractivity contribution is 8.00. The SMILES string of the molecule is O=C(CSc1cccc(NC(=O)/C(=C\c2ccc([N+](=O)[O-])cc2)NC(=O)c2ccccc2)c1)Nc1ccccc1C(F)(F)F. The molecular weight excluding hydrogens is 597 g/mol. The smallest absolute Gasteiger partial charge is 0.325 e. The standard InChI is InChI=1S/C31H23F3N4O5S/c32-31(33,34)25-11-4-5-12-26(25)36-28(39)19-44-24-10-6-9-22(18-24)35-30(41)27(37-29(40)21-7-2-1-3-8-21)17-20-13-15-23(16-14-20)38(42)43/h1-18H,19H2,(H,35,41)(H,36,39)(H,37,40)/b27-17+. The fraction of sp³-hybridized carbons (Fsp3) is 0.0645. The highest BCUT2D eigenvalue weighted by atomic mass is 32.2. The summed E-state index contributed by atoms with van der Waals surface area (Å²) in [5.41, 5.74) is -0.577. The Morgan fingerprint density at radius 1 is 0.841 bits per heavy atom. The van der Waals surface area contributed by atoms with Gasteiger partial charge in [0.1, 0.15) is 5.70 Å².